The molecule has 0 aliphatic rings. The molecule has 7 heteroatoms. The second kappa shape index (κ2) is 5.35. The van der Waals surface area contributed by atoms with Gasteiger partial charge in [-0.3, -0.25) is 9.59 Å². The van der Waals surface area contributed by atoms with Crippen LogP contribution in [0.5, 0.6) is 0 Å². The molecule has 58 valence electrons. The smallest absolute Gasteiger partial charge is 0.309 e. The van der Waals surface area contributed by atoms with E-state index in [0.29, 0.717) is 0 Å². The lowest BCUT2D eigenvalue weighted by Crippen LogP contribution is -2.29. The van der Waals surface area contributed by atoms with Gasteiger partial charge in [-0.2, -0.15) is 0 Å². The van der Waals surface area contributed by atoms with Crippen molar-refractivity contribution in [3.05, 3.63) is 0 Å². The second-order valence-electron chi connectivity index (χ2n) is 1.13. The largest absolute Gasteiger partial charge is 0.361 e. The van der Waals surface area contributed by atoms with Crippen molar-refractivity contribution < 1.29 is 14.4 Å². The van der Waals surface area contributed by atoms with Gasteiger partial charge in [-0.05, 0) is 0 Å². The molecule has 0 atom stereocenters. The quantitative estimate of drug-likeness (QED) is 0.270. The maximum Gasteiger partial charge on any atom is 0.309 e. The molecule has 10 heavy (non-hydrogen) atoms. The number of rotatable bonds is 0. The Kier molecular flexibility index (Phi) is 5.92. The third-order valence-electron chi connectivity index (χ3n) is 0.243. The van der Waals surface area contributed by atoms with Crippen LogP contribution in [0.3, 0.4) is 0 Å². The van der Waals surface area contributed by atoms with Gasteiger partial charge in [0, 0.05) is 0 Å². The van der Waals surface area contributed by atoms with Gasteiger partial charge in [-0.1, -0.05) is 0 Å². The van der Waals surface area contributed by atoms with Crippen molar-refractivity contribution in [2.24, 2.45) is 22.9 Å². The molecule has 0 bridgehead atoms. The predicted molar refractivity (Wildman–Crippen MR) is 32.2 cm³/mol. The molecule has 8 N–H and O–H groups in total. The second-order valence-corrected chi connectivity index (χ2v) is 1.13. The van der Waals surface area contributed by atoms with Crippen molar-refractivity contribution in [3.63, 3.8) is 0 Å². The summed E-state index contributed by atoms with van der Waals surface area (Å²) in [6.45, 7) is 0. The van der Waals surface area contributed by atoms with E-state index in [0.717, 1.165) is 0 Å². The van der Waals surface area contributed by atoms with Crippen LogP contribution in [0.25, 0.3) is 0 Å². The van der Waals surface area contributed by atoms with Gasteiger partial charge < -0.3 is 22.9 Å². The Balaban J connectivity index is 0. The highest BCUT2D eigenvalue weighted by Gasteiger charge is 1.96. The van der Waals surface area contributed by atoms with Gasteiger partial charge >= 0.3 is 17.8 Å². The van der Waals surface area contributed by atoms with E-state index in [1.54, 1.807) is 0 Å². The van der Waals surface area contributed by atoms with E-state index in [1.807, 2.05) is 0 Å². The molecular weight excluding hydrogens is 140 g/mol. The average molecular weight is 148 g/mol. The molecular formula is C3H8N4O3. The third kappa shape index (κ3) is 34.5. The number of carbonyl (C=O) groups is 3. The minimum Gasteiger partial charge on any atom is -0.361 e. The van der Waals surface area contributed by atoms with Crippen LogP contribution in [0.2, 0.25) is 0 Å². The minimum absolute atomic E-state index is 0.833. The summed E-state index contributed by atoms with van der Waals surface area (Å²) >= 11 is 0. The van der Waals surface area contributed by atoms with Crippen LogP contribution in [-0.4, -0.2) is 17.8 Å². The Bertz CT molecular complexity index is 138. The number of hydrogen-bond donors (Lipinski definition) is 4. The summed E-state index contributed by atoms with van der Waals surface area (Å²) in [7, 11) is 0. The Morgan fingerprint density at radius 1 is 0.700 bits per heavy atom. The lowest BCUT2D eigenvalue weighted by Gasteiger charge is -1.75. The van der Waals surface area contributed by atoms with Crippen molar-refractivity contribution in [2.45, 2.75) is 0 Å². The van der Waals surface area contributed by atoms with Crippen molar-refractivity contribution in [3.8, 4) is 0 Å². The van der Waals surface area contributed by atoms with Crippen LogP contribution >= 0.6 is 0 Å². The molecule has 0 heterocycles. The summed E-state index contributed by atoms with van der Waals surface area (Å²) in [5.41, 5.74) is 17.1. The van der Waals surface area contributed by atoms with Crippen LogP contribution in [0.4, 0.5) is 4.79 Å². The summed E-state index contributed by atoms with van der Waals surface area (Å²) in [4.78, 5) is 27.9. The van der Waals surface area contributed by atoms with Gasteiger partial charge in [0.1, 0.15) is 0 Å². The fourth-order valence-corrected chi connectivity index (χ4v) is 0. The summed E-state index contributed by atoms with van der Waals surface area (Å²) in [5.74, 6) is -2.20. The van der Waals surface area contributed by atoms with Gasteiger partial charge in [-0.25, -0.2) is 4.79 Å². The maximum atomic E-state index is 9.45. The maximum absolute atomic E-state index is 9.45. The van der Waals surface area contributed by atoms with Crippen molar-refractivity contribution in [1.29, 1.82) is 0 Å². The van der Waals surface area contributed by atoms with E-state index in [2.05, 4.69) is 22.9 Å². The molecule has 0 unspecified atom stereocenters. The SMILES string of the molecule is NC(=O)C(N)=O.NC(N)=O. The molecule has 7 nitrogen and oxygen atoms in total. The third-order valence-corrected chi connectivity index (χ3v) is 0.243. The fourth-order valence-electron chi connectivity index (χ4n) is 0. The van der Waals surface area contributed by atoms with E-state index in [4.69, 9.17) is 4.79 Å². The first-order valence-electron chi connectivity index (χ1n) is 2.02. The van der Waals surface area contributed by atoms with Crippen molar-refractivity contribution in [2.75, 3.05) is 0 Å². The highest BCUT2D eigenvalue weighted by molar-refractivity contribution is 6.33. The van der Waals surface area contributed by atoms with E-state index in [1.165, 1.54) is 0 Å². The van der Waals surface area contributed by atoms with Crippen LogP contribution in [-0.2, 0) is 9.59 Å². The molecule has 0 saturated heterocycles. The molecule has 0 rings (SSSR count). The average Bonchev–Trinajstić information content (AvgIpc) is 1.63. The highest BCUT2D eigenvalue weighted by atomic mass is 16.2. The summed E-state index contributed by atoms with van der Waals surface area (Å²) in [5, 5.41) is 0. The topological polar surface area (TPSA) is 155 Å². The molecule has 0 aliphatic heterocycles. The number of hydrogen-bond acceptors (Lipinski definition) is 3. The number of carbonyl (C=O) groups excluding carboxylic acids is 3. The van der Waals surface area contributed by atoms with E-state index in [9.17, 15) is 9.59 Å². The molecule has 0 fully saturated rings. The Morgan fingerprint density at radius 2 is 0.800 bits per heavy atom. The molecule has 0 aliphatic carbocycles. The number of urea groups is 1. The van der Waals surface area contributed by atoms with Crippen LogP contribution in [0.15, 0.2) is 0 Å². The standard InChI is InChI=1S/C2H4N2O2.CH4N2O/c3-1(5)2(4)6;2-1(3)4/h(H2,3,5)(H2,4,6);(H4,2,3,4). The van der Waals surface area contributed by atoms with Crippen molar-refractivity contribution >= 4 is 17.8 Å². The fraction of sp³-hybridized carbons (Fsp3) is 0. The summed E-state index contributed by atoms with van der Waals surface area (Å²) in [6, 6.07) is -0.833. The zero-order valence-corrected chi connectivity index (χ0v) is 5.03. The molecule has 0 radical (unpaired) electrons. The Morgan fingerprint density at radius 3 is 0.800 bits per heavy atom. The molecule has 0 aromatic rings. The molecule has 0 aromatic heterocycles. The van der Waals surface area contributed by atoms with Gasteiger partial charge in [-0.15, -0.1) is 0 Å². The number of nitrogens with two attached hydrogens (primary N) is 4. The van der Waals surface area contributed by atoms with Gasteiger partial charge in [0.05, 0.1) is 0 Å². The Labute approximate surface area is 56.3 Å². The first kappa shape index (κ1) is 11.1. The monoisotopic (exact) mass is 148 g/mol. The normalized spacial score (nSPS) is 6.80. The lowest BCUT2D eigenvalue weighted by molar-refractivity contribution is -0.135. The summed E-state index contributed by atoms with van der Waals surface area (Å²) in [6.07, 6.45) is 0. The van der Waals surface area contributed by atoms with E-state index in [-0.39, 0.29) is 0 Å². The number of primary amides is 4. The number of amides is 4. The van der Waals surface area contributed by atoms with Gasteiger partial charge in [0.25, 0.3) is 0 Å². The molecule has 0 saturated carbocycles. The van der Waals surface area contributed by atoms with E-state index >= 15 is 0 Å². The first-order valence-corrected chi connectivity index (χ1v) is 2.02. The van der Waals surface area contributed by atoms with Gasteiger partial charge in [0.2, 0.25) is 0 Å². The molecule has 0 aromatic carbocycles. The molecule has 0 spiro atoms. The zero-order chi connectivity index (χ0) is 8.73. The van der Waals surface area contributed by atoms with Crippen molar-refractivity contribution in [1.82, 2.24) is 0 Å². The summed E-state index contributed by atoms with van der Waals surface area (Å²) < 4.78 is 0. The minimum atomic E-state index is -1.10. The molecule has 4 amide bonds. The lowest BCUT2D eigenvalue weighted by atomic mass is 10.6. The van der Waals surface area contributed by atoms with Gasteiger partial charge in [0.15, 0.2) is 0 Å². The zero-order valence-electron chi connectivity index (χ0n) is 5.03. The first-order chi connectivity index (χ1) is 4.37. The Hall–Kier alpha value is -1.79. The predicted octanol–water partition coefficient (Wildman–Crippen LogP) is -3.02. The highest BCUT2D eigenvalue weighted by Crippen LogP contribution is 1.44. The van der Waals surface area contributed by atoms with Crippen LogP contribution in [0, 0.1) is 0 Å². The van der Waals surface area contributed by atoms with E-state index < -0.39 is 17.8 Å². The van der Waals surface area contributed by atoms with Crippen LogP contribution < -0.4 is 22.9 Å². The van der Waals surface area contributed by atoms with Crippen LogP contribution in [0.1, 0.15) is 0 Å².